The molecule has 0 saturated heterocycles. The average Bonchev–Trinajstić information content (AvgIpc) is 2.45. The molecule has 0 atom stereocenters. The van der Waals surface area contributed by atoms with E-state index < -0.39 is 5.91 Å². The molecule has 0 aliphatic rings. The first-order valence-electron chi connectivity index (χ1n) is 3.62. The number of hydrogen-bond donors (Lipinski definition) is 2. The van der Waals surface area contributed by atoms with Gasteiger partial charge in [-0.3, -0.25) is 9.78 Å². The van der Waals surface area contributed by atoms with Crippen LogP contribution >= 0.6 is 11.3 Å². The van der Waals surface area contributed by atoms with E-state index in [1.165, 1.54) is 11.3 Å². The van der Waals surface area contributed by atoms with Gasteiger partial charge in [0.15, 0.2) is 0 Å². The molecule has 2 rings (SSSR count). The predicted molar refractivity (Wildman–Crippen MR) is 52.6 cm³/mol. The lowest BCUT2D eigenvalue weighted by molar-refractivity contribution is 0.100. The fourth-order valence-electron chi connectivity index (χ4n) is 1.14. The van der Waals surface area contributed by atoms with E-state index in [-0.39, 0.29) is 0 Å². The zero-order valence-corrected chi connectivity index (χ0v) is 7.47. The summed E-state index contributed by atoms with van der Waals surface area (Å²) in [4.78, 5) is 15.3. The summed E-state index contributed by atoms with van der Waals surface area (Å²) in [6, 6.07) is 1.81. The molecule has 66 valence electrons. The number of nitrogens with zero attached hydrogens (tertiary/aromatic N) is 1. The van der Waals surface area contributed by atoms with Crippen molar-refractivity contribution in [3.8, 4) is 0 Å². The van der Waals surface area contributed by atoms with E-state index in [1.807, 2.05) is 6.07 Å². The highest BCUT2D eigenvalue weighted by Crippen LogP contribution is 2.32. The second-order valence-electron chi connectivity index (χ2n) is 2.58. The number of amides is 1. The molecule has 0 radical (unpaired) electrons. The van der Waals surface area contributed by atoms with Crippen molar-refractivity contribution in [3.63, 3.8) is 0 Å². The topological polar surface area (TPSA) is 82.0 Å². The lowest BCUT2D eigenvalue weighted by Gasteiger charge is -1.90. The Bertz CT molecular complexity index is 477. The van der Waals surface area contributed by atoms with Gasteiger partial charge in [0, 0.05) is 22.5 Å². The number of aromatic nitrogens is 1. The molecule has 0 bridgehead atoms. The highest BCUT2D eigenvalue weighted by atomic mass is 32.1. The van der Waals surface area contributed by atoms with Gasteiger partial charge in [0.1, 0.15) is 4.88 Å². The minimum atomic E-state index is -0.487. The Hall–Kier alpha value is -1.62. The zero-order chi connectivity index (χ0) is 9.42. The molecule has 4 nitrogen and oxygen atoms in total. The molecule has 0 spiro atoms. The number of fused-ring (bicyclic) bond motifs is 1. The van der Waals surface area contributed by atoms with Crippen LogP contribution in [0.1, 0.15) is 9.67 Å². The normalized spacial score (nSPS) is 10.5. The number of carbonyl (C=O) groups is 1. The number of thiophene rings is 1. The van der Waals surface area contributed by atoms with Crippen LogP contribution in [0, 0.1) is 0 Å². The first-order valence-corrected chi connectivity index (χ1v) is 4.43. The van der Waals surface area contributed by atoms with Gasteiger partial charge in [-0.15, -0.1) is 11.3 Å². The van der Waals surface area contributed by atoms with E-state index >= 15 is 0 Å². The van der Waals surface area contributed by atoms with E-state index in [9.17, 15) is 4.79 Å². The van der Waals surface area contributed by atoms with Crippen LogP contribution in [0.15, 0.2) is 18.5 Å². The fraction of sp³-hybridized carbons (Fsp3) is 0. The highest BCUT2D eigenvalue weighted by Gasteiger charge is 2.12. The third-order valence-corrected chi connectivity index (χ3v) is 2.95. The maximum atomic E-state index is 10.9. The summed E-state index contributed by atoms with van der Waals surface area (Å²) < 4.78 is 0.932. The Kier molecular flexibility index (Phi) is 1.66. The van der Waals surface area contributed by atoms with Gasteiger partial charge in [0.05, 0.1) is 5.69 Å². The highest BCUT2D eigenvalue weighted by molar-refractivity contribution is 7.21. The van der Waals surface area contributed by atoms with Crippen LogP contribution in [-0.2, 0) is 0 Å². The Morgan fingerprint density at radius 3 is 2.92 bits per heavy atom. The van der Waals surface area contributed by atoms with E-state index in [2.05, 4.69) is 4.98 Å². The zero-order valence-electron chi connectivity index (χ0n) is 6.65. The average molecular weight is 193 g/mol. The van der Waals surface area contributed by atoms with Crippen molar-refractivity contribution in [3.05, 3.63) is 23.3 Å². The van der Waals surface area contributed by atoms with Crippen molar-refractivity contribution < 1.29 is 4.79 Å². The molecule has 0 aliphatic carbocycles. The van der Waals surface area contributed by atoms with E-state index in [1.54, 1.807) is 12.4 Å². The predicted octanol–water partition coefficient (Wildman–Crippen LogP) is 0.977. The van der Waals surface area contributed by atoms with E-state index in [4.69, 9.17) is 11.5 Å². The van der Waals surface area contributed by atoms with Gasteiger partial charge >= 0.3 is 0 Å². The maximum Gasteiger partial charge on any atom is 0.260 e. The van der Waals surface area contributed by atoms with Crippen LogP contribution in [0.5, 0.6) is 0 Å². The summed E-state index contributed by atoms with van der Waals surface area (Å²) in [6.45, 7) is 0. The molecule has 2 heterocycles. The number of rotatable bonds is 1. The minimum Gasteiger partial charge on any atom is -0.397 e. The van der Waals surface area contributed by atoms with Crippen LogP contribution in [0.3, 0.4) is 0 Å². The van der Waals surface area contributed by atoms with Crippen LogP contribution in [0.2, 0.25) is 0 Å². The quantitative estimate of drug-likeness (QED) is 0.708. The molecule has 0 fully saturated rings. The van der Waals surface area contributed by atoms with Gasteiger partial charge in [-0.2, -0.15) is 0 Å². The second-order valence-corrected chi connectivity index (χ2v) is 3.63. The summed E-state index contributed by atoms with van der Waals surface area (Å²) in [6.07, 6.45) is 3.29. The molecule has 2 aromatic heterocycles. The Morgan fingerprint density at radius 2 is 2.31 bits per heavy atom. The molecule has 5 heteroatoms. The molecule has 4 N–H and O–H groups in total. The third-order valence-electron chi connectivity index (χ3n) is 1.75. The van der Waals surface area contributed by atoms with Crippen molar-refractivity contribution in [2.75, 3.05) is 5.73 Å². The first-order chi connectivity index (χ1) is 6.20. The first kappa shape index (κ1) is 8.00. The monoisotopic (exact) mass is 193 g/mol. The van der Waals surface area contributed by atoms with Gasteiger partial charge in [0.2, 0.25) is 0 Å². The summed E-state index contributed by atoms with van der Waals surface area (Å²) in [5.74, 6) is -0.487. The molecule has 0 aromatic carbocycles. The molecular formula is C8H7N3OS. The van der Waals surface area contributed by atoms with E-state index in [0.717, 1.165) is 10.1 Å². The number of nitrogens with two attached hydrogens (primary N) is 2. The van der Waals surface area contributed by atoms with Crippen molar-refractivity contribution >= 4 is 33.0 Å². The molecule has 13 heavy (non-hydrogen) atoms. The second kappa shape index (κ2) is 2.70. The van der Waals surface area contributed by atoms with Gasteiger partial charge in [-0.25, -0.2) is 0 Å². The Labute approximate surface area is 78.2 Å². The van der Waals surface area contributed by atoms with Gasteiger partial charge < -0.3 is 11.5 Å². The van der Waals surface area contributed by atoms with Crippen molar-refractivity contribution in [1.29, 1.82) is 0 Å². The fourth-order valence-corrected chi connectivity index (χ4v) is 2.09. The number of anilines is 1. The lowest BCUT2D eigenvalue weighted by Crippen LogP contribution is -2.10. The van der Waals surface area contributed by atoms with Crippen LogP contribution in [0.4, 0.5) is 5.69 Å². The summed E-state index contributed by atoms with van der Waals surface area (Å²) in [5, 5.41) is 0.793. The Balaban J connectivity index is 2.81. The molecule has 0 unspecified atom stereocenters. The number of hydrogen-bond acceptors (Lipinski definition) is 4. The standard InChI is InChI=1S/C8H7N3OS/c9-6-4-3-11-2-1-5(4)13-7(6)8(10)12/h1-3H,9H2,(H2,10,12). The Morgan fingerprint density at radius 1 is 1.54 bits per heavy atom. The van der Waals surface area contributed by atoms with Gasteiger partial charge in [-0.1, -0.05) is 0 Å². The molecular weight excluding hydrogens is 186 g/mol. The van der Waals surface area contributed by atoms with Crippen molar-refractivity contribution in [2.24, 2.45) is 5.73 Å². The van der Waals surface area contributed by atoms with E-state index in [0.29, 0.717) is 10.6 Å². The number of nitrogen functional groups attached to an aromatic ring is 1. The largest absolute Gasteiger partial charge is 0.397 e. The van der Waals surface area contributed by atoms with Crippen LogP contribution in [-0.4, -0.2) is 10.9 Å². The van der Waals surface area contributed by atoms with Crippen LogP contribution < -0.4 is 11.5 Å². The number of primary amides is 1. The minimum absolute atomic E-state index is 0.406. The van der Waals surface area contributed by atoms with Gasteiger partial charge in [-0.05, 0) is 6.07 Å². The SMILES string of the molecule is NC(=O)c1sc2ccncc2c1N. The molecule has 1 amide bonds. The summed E-state index contributed by atoms with van der Waals surface area (Å²) in [7, 11) is 0. The number of carbonyl (C=O) groups excluding carboxylic acids is 1. The van der Waals surface area contributed by atoms with Crippen LogP contribution in [0.25, 0.3) is 10.1 Å². The van der Waals surface area contributed by atoms with Crippen molar-refractivity contribution in [2.45, 2.75) is 0 Å². The molecule has 0 aliphatic heterocycles. The van der Waals surface area contributed by atoms with Crippen molar-refractivity contribution in [1.82, 2.24) is 4.98 Å². The summed E-state index contributed by atoms with van der Waals surface area (Å²) in [5.41, 5.74) is 11.3. The summed E-state index contributed by atoms with van der Waals surface area (Å²) >= 11 is 1.29. The smallest absolute Gasteiger partial charge is 0.260 e. The molecule has 0 saturated carbocycles. The van der Waals surface area contributed by atoms with Gasteiger partial charge in [0.25, 0.3) is 5.91 Å². The third kappa shape index (κ3) is 1.13. The lowest BCUT2D eigenvalue weighted by atomic mass is 10.2. The molecule has 2 aromatic rings. The maximum absolute atomic E-state index is 10.9. The number of pyridine rings is 1.